The summed E-state index contributed by atoms with van der Waals surface area (Å²) in [5.41, 5.74) is 1.93. The van der Waals surface area contributed by atoms with Crippen LogP contribution >= 0.6 is 23.2 Å². The van der Waals surface area contributed by atoms with Gasteiger partial charge in [0.25, 0.3) is 0 Å². The number of carbonyl (C=O) groups is 4. The Bertz CT molecular complexity index is 2510. The fraction of sp³-hybridized carbons (Fsp3) is 0.521. The van der Waals surface area contributed by atoms with Crippen molar-refractivity contribution in [3.05, 3.63) is 97.6 Å². The molecule has 3 aromatic carbocycles. The average Bonchev–Trinajstić information content (AvgIpc) is 3.82. The molecule has 4 aromatic rings. The van der Waals surface area contributed by atoms with E-state index < -0.39 is 40.7 Å². The van der Waals surface area contributed by atoms with Crippen LogP contribution in [0, 0.1) is 11.7 Å². The smallest absolute Gasteiger partial charge is 0.329 e. The molecule has 5 aliphatic rings. The van der Waals surface area contributed by atoms with Crippen LogP contribution < -0.4 is 32.3 Å². The Kier molecular flexibility index (Phi) is 12.3. The summed E-state index contributed by atoms with van der Waals surface area (Å²) in [4.78, 5) is 66.6. The molecule has 63 heavy (non-hydrogen) atoms. The Labute approximate surface area is 376 Å². The molecule has 0 radical (unpaired) electrons. The lowest BCUT2D eigenvalue weighted by molar-refractivity contribution is -0.136. The summed E-state index contributed by atoms with van der Waals surface area (Å²) in [6.07, 6.45) is 12.3. The minimum atomic E-state index is -1.26. The number of benzene rings is 3. The molecule has 0 bridgehead atoms. The van der Waals surface area contributed by atoms with Gasteiger partial charge < -0.3 is 16.0 Å². The highest BCUT2D eigenvalue weighted by Crippen LogP contribution is 2.62. The maximum Gasteiger partial charge on any atom is 0.329 e. The molecule has 5 N–H and O–H groups in total. The minimum Gasteiger partial charge on any atom is -0.352 e. The molecule has 4 heterocycles. The van der Waals surface area contributed by atoms with Gasteiger partial charge in [0.2, 0.25) is 23.6 Å². The summed E-state index contributed by atoms with van der Waals surface area (Å²) in [6.45, 7) is 1.83. The second-order valence-corrected chi connectivity index (χ2v) is 19.4. The summed E-state index contributed by atoms with van der Waals surface area (Å²) in [5, 5.41) is 16.7. The first kappa shape index (κ1) is 43.7. The van der Waals surface area contributed by atoms with Gasteiger partial charge in [-0.3, -0.25) is 38.9 Å². The monoisotopic (exact) mass is 899 g/mol. The van der Waals surface area contributed by atoms with Gasteiger partial charge in [0.1, 0.15) is 17.3 Å². The number of fused-ring (bicyclic) bond motifs is 4. The lowest BCUT2D eigenvalue weighted by Gasteiger charge is -2.47. The number of rotatable bonds is 12. The van der Waals surface area contributed by atoms with E-state index >= 15 is 4.39 Å². The Balaban J connectivity index is 0.783. The van der Waals surface area contributed by atoms with E-state index in [-0.39, 0.29) is 46.5 Å². The zero-order chi connectivity index (χ0) is 44.0. The number of piperidine rings is 1. The summed E-state index contributed by atoms with van der Waals surface area (Å²) in [7, 11) is 1.72. The van der Waals surface area contributed by atoms with Gasteiger partial charge in [0.15, 0.2) is 0 Å². The molecule has 15 heteroatoms. The number of aromatic nitrogens is 2. The van der Waals surface area contributed by atoms with Gasteiger partial charge in [-0.25, -0.2) is 9.18 Å². The predicted octanol–water partition coefficient (Wildman–Crippen LogP) is 7.09. The van der Waals surface area contributed by atoms with E-state index in [4.69, 9.17) is 23.2 Å². The van der Waals surface area contributed by atoms with Crippen LogP contribution in [0.3, 0.4) is 0 Å². The maximum absolute atomic E-state index is 16.3. The second-order valence-electron chi connectivity index (χ2n) is 18.6. The Morgan fingerprint density at radius 2 is 1.68 bits per heavy atom. The molecule has 12 nitrogen and oxygen atoms in total. The fourth-order valence-corrected chi connectivity index (χ4v) is 12.2. The SMILES string of the molecule is Cn1c(=O)n(C2CCC(=O)NC2=O)c2ccc(CCCCCNC[C@H]3CC[C@H](NC(=O)[C@@H]4NC5(CCCCC5)[C@@]5(C(=O)Nc6cc(Cl)ccc65)[C@H]4c4cccc(Cl)c4F)CC3)cc21. The number of anilines is 1. The van der Waals surface area contributed by atoms with Crippen molar-refractivity contribution in [3.63, 3.8) is 0 Å². The third kappa shape index (κ3) is 7.80. The van der Waals surface area contributed by atoms with Crippen molar-refractivity contribution in [2.45, 2.75) is 131 Å². The molecular formula is C48H56Cl2FN7O5. The molecule has 2 spiro atoms. The third-order valence-corrected chi connectivity index (χ3v) is 15.5. The Hall–Kier alpha value is -4.56. The highest BCUT2D eigenvalue weighted by molar-refractivity contribution is 6.31. The van der Waals surface area contributed by atoms with Gasteiger partial charge >= 0.3 is 5.69 Å². The number of imide groups is 1. The highest BCUT2D eigenvalue weighted by atomic mass is 35.5. The van der Waals surface area contributed by atoms with Gasteiger partial charge in [-0.05, 0) is 130 Å². The second kappa shape index (κ2) is 17.8. The highest BCUT2D eigenvalue weighted by Gasteiger charge is 2.72. The zero-order valence-electron chi connectivity index (χ0n) is 35.7. The van der Waals surface area contributed by atoms with Gasteiger partial charge in [0, 0.05) is 41.7 Å². The van der Waals surface area contributed by atoms with Crippen molar-refractivity contribution < 1.29 is 23.6 Å². The number of imidazole rings is 1. The molecule has 4 amide bonds. The molecule has 4 atom stereocenters. The van der Waals surface area contributed by atoms with Crippen LogP contribution in [0.15, 0.2) is 59.4 Å². The third-order valence-electron chi connectivity index (χ3n) is 14.9. The van der Waals surface area contributed by atoms with E-state index in [9.17, 15) is 24.0 Å². The maximum atomic E-state index is 16.3. The lowest BCUT2D eigenvalue weighted by Crippen LogP contribution is -2.60. The van der Waals surface area contributed by atoms with Gasteiger partial charge in [0.05, 0.1) is 22.1 Å². The van der Waals surface area contributed by atoms with Crippen LogP contribution in [-0.4, -0.2) is 63.5 Å². The van der Waals surface area contributed by atoms with Crippen LogP contribution in [0.5, 0.6) is 0 Å². The van der Waals surface area contributed by atoms with E-state index in [1.807, 2.05) is 24.3 Å². The number of halogens is 3. The van der Waals surface area contributed by atoms with Gasteiger partial charge in [-0.15, -0.1) is 0 Å². The number of hydrogen-bond donors (Lipinski definition) is 5. The number of nitrogens with one attached hydrogen (secondary N) is 5. The average molecular weight is 901 g/mol. The number of nitrogens with zero attached hydrogens (tertiary/aromatic N) is 2. The number of aryl methyl sites for hydroxylation is 2. The number of carbonyl (C=O) groups excluding carboxylic acids is 4. The Morgan fingerprint density at radius 1 is 0.889 bits per heavy atom. The zero-order valence-corrected chi connectivity index (χ0v) is 37.2. The van der Waals surface area contributed by atoms with E-state index in [1.165, 1.54) is 10.6 Å². The number of hydrogen-bond acceptors (Lipinski definition) is 7. The summed E-state index contributed by atoms with van der Waals surface area (Å²) < 4.78 is 19.4. The minimum absolute atomic E-state index is 0.0274. The summed E-state index contributed by atoms with van der Waals surface area (Å²) in [5.74, 6) is -2.15. The molecule has 334 valence electrons. The van der Waals surface area contributed by atoms with E-state index in [0.717, 1.165) is 100 Å². The van der Waals surface area contributed by atoms with Crippen LogP contribution in [0.4, 0.5) is 10.1 Å². The molecular weight excluding hydrogens is 844 g/mol. The topological polar surface area (TPSA) is 155 Å². The molecule has 4 fully saturated rings. The first-order valence-electron chi connectivity index (χ1n) is 22.8. The van der Waals surface area contributed by atoms with E-state index in [0.29, 0.717) is 41.4 Å². The largest absolute Gasteiger partial charge is 0.352 e. The Morgan fingerprint density at radius 3 is 2.46 bits per heavy atom. The van der Waals surface area contributed by atoms with Crippen molar-refractivity contribution in [1.82, 2.24) is 30.4 Å². The molecule has 1 aromatic heterocycles. The van der Waals surface area contributed by atoms with E-state index in [1.54, 1.807) is 35.9 Å². The van der Waals surface area contributed by atoms with Crippen molar-refractivity contribution in [2.75, 3.05) is 18.4 Å². The summed E-state index contributed by atoms with van der Waals surface area (Å²) >= 11 is 12.8. The molecule has 9 rings (SSSR count). The molecule has 2 saturated heterocycles. The number of unbranched alkanes of at least 4 members (excludes halogenated alkanes) is 2. The van der Waals surface area contributed by atoms with Gasteiger partial charge in [-0.1, -0.05) is 73.2 Å². The number of amides is 4. The van der Waals surface area contributed by atoms with Crippen LogP contribution in [-0.2, 0) is 38.1 Å². The van der Waals surface area contributed by atoms with Crippen LogP contribution in [0.1, 0.15) is 119 Å². The standard InChI is InChI=1S/C48H56Cl2FN7O5/c1-57-38-25-28(14-19-36(38)58(46(57)63)37-20-21-39(59)55-43(37)60)9-4-2-7-24-52-27-29-12-16-31(17-13-29)53-44(61)42-40(32-10-8-11-34(50)41(32)51)48(47(56-42)22-5-3-6-23-47)33-18-15-30(49)26-35(33)54-45(48)62/h8,10-11,14-15,18-19,25-26,29,31,37,40,42,52,56H,2-7,9,12-13,16-17,20-24,27H2,1H3,(H,53,61)(H,54,62)(H,55,59,60)/t29-,31-,37?,40-,42+,48+/m0/s1. The van der Waals surface area contributed by atoms with Crippen molar-refractivity contribution in [3.8, 4) is 0 Å². The normalized spacial score (nSPS) is 26.6. The van der Waals surface area contributed by atoms with E-state index in [2.05, 4.69) is 26.6 Å². The van der Waals surface area contributed by atoms with Crippen molar-refractivity contribution in [2.24, 2.45) is 13.0 Å². The van der Waals surface area contributed by atoms with Gasteiger partial charge in [-0.2, -0.15) is 0 Å². The van der Waals surface area contributed by atoms with Crippen molar-refractivity contribution >= 4 is 63.6 Å². The molecule has 2 aliphatic carbocycles. The predicted molar refractivity (Wildman–Crippen MR) is 242 cm³/mol. The quantitative estimate of drug-likeness (QED) is 0.0752. The van der Waals surface area contributed by atoms with Crippen LogP contribution in [0.25, 0.3) is 11.0 Å². The summed E-state index contributed by atoms with van der Waals surface area (Å²) in [6, 6.07) is 14.6. The lowest BCUT2D eigenvalue weighted by atomic mass is 9.55. The fourth-order valence-electron chi connectivity index (χ4n) is 11.9. The molecule has 2 saturated carbocycles. The first-order chi connectivity index (χ1) is 30.4. The molecule has 1 unspecified atom stereocenters. The van der Waals surface area contributed by atoms with Crippen molar-refractivity contribution in [1.29, 1.82) is 0 Å². The van der Waals surface area contributed by atoms with Crippen LogP contribution in [0.2, 0.25) is 10.0 Å². The first-order valence-corrected chi connectivity index (χ1v) is 23.5. The molecule has 3 aliphatic heterocycles.